The number of methoxy groups -OCH3 is 4. The van der Waals surface area contributed by atoms with Crippen LogP contribution >= 0.6 is 0 Å². The zero-order chi connectivity index (χ0) is 31.6. The number of nitrogens with zero attached hydrogens (tertiary/aromatic N) is 1. The van der Waals surface area contributed by atoms with Gasteiger partial charge in [0.15, 0.2) is 11.5 Å². The summed E-state index contributed by atoms with van der Waals surface area (Å²) in [6.07, 6.45) is 3.55. The Bertz CT molecular complexity index is 1530. The average molecular weight is 602 g/mol. The molecule has 10 heteroatoms. The minimum Gasteiger partial charge on any atom is -0.497 e. The number of allylic oxidation sites excluding steroid dienone is 1. The van der Waals surface area contributed by atoms with Gasteiger partial charge in [-0.1, -0.05) is 24.3 Å². The Balaban J connectivity index is 1.64. The summed E-state index contributed by atoms with van der Waals surface area (Å²) < 4.78 is 27.7. The summed E-state index contributed by atoms with van der Waals surface area (Å²) >= 11 is 0. The summed E-state index contributed by atoms with van der Waals surface area (Å²) in [5.74, 6) is 1.70. The van der Waals surface area contributed by atoms with Crippen LogP contribution in [0.2, 0.25) is 0 Å². The number of benzene rings is 3. The number of ether oxygens (including phenoxy) is 5. The number of carbonyl (C=O) groups is 2. The molecule has 0 aromatic heterocycles. The van der Waals surface area contributed by atoms with Crippen LogP contribution in [0.4, 0.5) is 0 Å². The Hall–Kier alpha value is -4.99. The lowest BCUT2D eigenvalue weighted by Gasteiger charge is -2.26. The molecule has 10 nitrogen and oxygen atoms in total. The second kappa shape index (κ2) is 15.0. The van der Waals surface area contributed by atoms with Crippen molar-refractivity contribution >= 4 is 17.6 Å². The van der Waals surface area contributed by atoms with Crippen LogP contribution in [-0.2, 0) is 29.2 Å². The third-order valence-electron chi connectivity index (χ3n) is 7.33. The van der Waals surface area contributed by atoms with Gasteiger partial charge in [0.2, 0.25) is 0 Å². The Morgan fingerprint density at radius 3 is 2.32 bits per heavy atom. The number of esters is 1. The van der Waals surface area contributed by atoms with Crippen molar-refractivity contribution in [1.82, 2.24) is 10.2 Å². The Labute approximate surface area is 258 Å². The first-order valence-electron chi connectivity index (χ1n) is 14.3. The second-order valence-corrected chi connectivity index (χ2v) is 10.3. The van der Waals surface area contributed by atoms with Crippen molar-refractivity contribution in [3.8, 4) is 23.0 Å². The van der Waals surface area contributed by atoms with Gasteiger partial charge in [-0.15, -0.1) is 0 Å². The first kappa shape index (κ1) is 31.9. The number of amides is 1. The van der Waals surface area contributed by atoms with E-state index in [0.29, 0.717) is 40.0 Å². The molecule has 44 heavy (non-hydrogen) atoms. The molecule has 1 amide bonds. The molecule has 0 spiro atoms. The number of hydrogen-bond acceptors (Lipinski definition) is 9. The van der Waals surface area contributed by atoms with Gasteiger partial charge in [-0.05, 0) is 54.8 Å². The molecule has 0 aliphatic heterocycles. The second-order valence-electron chi connectivity index (χ2n) is 10.3. The molecule has 3 aromatic carbocycles. The fourth-order valence-corrected chi connectivity index (χ4v) is 4.77. The van der Waals surface area contributed by atoms with E-state index in [2.05, 4.69) is 5.32 Å². The van der Waals surface area contributed by atoms with Crippen molar-refractivity contribution in [2.24, 2.45) is 5.92 Å². The monoisotopic (exact) mass is 601 g/mol. The topological polar surface area (TPSA) is 119 Å². The smallest absolute Gasteiger partial charge is 0.337 e. The van der Waals surface area contributed by atoms with Gasteiger partial charge in [-0.2, -0.15) is 0 Å². The van der Waals surface area contributed by atoms with Crippen LogP contribution in [0.3, 0.4) is 0 Å². The maximum Gasteiger partial charge on any atom is 0.337 e. The zero-order valence-corrected chi connectivity index (χ0v) is 25.8. The fraction of sp³-hybridized carbons (Fsp3) is 0.324. The summed E-state index contributed by atoms with van der Waals surface area (Å²) in [6, 6.07) is 18.0. The molecule has 1 saturated carbocycles. The first-order chi connectivity index (χ1) is 21.3. The number of likely N-dealkylation sites (N-methyl/N-ethyl adjacent to an activating group) is 1. The maximum absolute atomic E-state index is 14.0. The summed E-state index contributed by atoms with van der Waals surface area (Å²) in [7, 11) is 7.73. The highest BCUT2D eigenvalue weighted by Gasteiger charge is 2.28. The first-order valence-corrected chi connectivity index (χ1v) is 14.3. The minimum atomic E-state index is -0.424. The van der Waals surface area contributed by atoms with E-state index < -0.39 is 5.97 Å². The lowest BCUT2D eigenvalue weighted by atomic mass is 10.1. The van der Waals surface area contributed by atoms with Crippen molar-refractivity contribution < 1.29 is 33.3 Å². The number of nitrogens with one attached hydrogen (secondary N) is 2. The Morgan fingerprint density at radius 1 is 0.909 bits per heavy atom. The Kier molecular flexibility index (Phi) is 10.9. The van der Waals surface area contributed by atoms with Crippen LogP contribution in [0.15, 0.2) is 72.4 Å². The molecule has 1 aliphatic rings. The average Bonchev–Trinajstić information content (AvgIpc) is 3.91. The molecule has 1 fully saturated rings. The van der Waals surface area contributed by atoms with Crippen LogP contribution in [0.1, 0.15) is 39.9 Å². The quantitative estimate of drug-likeness (QED) is 0.140. The highest BCUT2D eigenvalue weighted by Crippen LogP contribution is 2.34. The van der Waals surface area contributed by atoms with Gasteiger partial charge in [-0.3, -0.25) is 4.79 Å². The summed E-state index contributed by atoms with van der Waals surface area (Å²) in [4.78, 5) is 27.7. The van der Waals surface area contributed by atoms with Gasteiger partial charge in [0.25, 0.3) is 5.91 Å². The summed E-state index contributed by atoms with van der Waals surface area (Å²) in [5, 5.41) is 11.4. The molecule has 0 radical (unpaired) electrons. The molecule has 0 unspecified atom stereocenters. The van der Waals surface area contributed by atoms with Gasteiger partial charge >= 0.3 is 5.97 Å². The van der Waals surface area contributed by atoms with Crippen LogP contribution < -0.4 is 24.3 Å². The van der Waals surface area contributed by atoms with Crippen LogP contribution in [0, 0.1) is 11.3 Å². The molecule has 4 rings (SSSR count). The molecule has 0 saturated heterocycles. The van der Waals surface area contributed by atoms with E-state index in [-0.39, 0.29) is 31.5 Å². The van der Waals surface area contributed by atoms with E-state index in [4.69, 9.17) is 29.1 Å². The van der Waals surface area contributed by atoms with Gasteiger partial charge in [0, 0.05) is 35.9 Å². The Morgan fingerprint density at radius 2 is 1.66 bits per heavy atom. The molecule has 0 heterocycles. The largest absolute Gasteiger partial charge is 0.497 e. The van der Waals surface area contributed by atoms with E-state index in [0.717, 1.165) is 29.5 Å². The third-order valence-corrected chi connectivity index (χ3v) is 7.33. The number of hydrogen-bond donors (Lipinski definition) is 2. The lowest BCUT2D eigenvalue weighted by molar-refractivity contribution is -0.128. The highest BCUT2D eigenvalue weighted by atomic mass is 16.5. The fourth-order valence-electron chi connectivity index (χ4n) is 4.77. The van der Waals surface area contributed by atoms with Crippen molar-refractivity contribution in [3.63, 3.8) is 0 Å². The molecule has 232 valence electrons. The van der Waals surface area contributed by atoms with E-state index in [1.54, 1.807) is 69.7 Å². The van der Waals surface area contributed by atoms with Crippen molar-refractivity contribution in [2.45, 2.75) is 32.5 Å². The van der Waals surface area contributed by atoms with Crippen LogP contribution in [0.5, 0.6) is 23.0 Å². The number of carbonyl (C=O) groups excluding carboxylic acids is 2. The molecular formula is C34H39N3O7. The molecule has 1 aliphatic carbocycles. The third kappa shape index (κ3) is 7.89. The maximum atomic E-state index is 14.0. The van der Waals surface area contributed by atoms with E-state index in [1.165, 1.54) is 7.11 Å². The normalized spacial score (nSPS) is 12.6. The predicted molar refractivity (Wildman–Crippen MR) is 167 cm³/mol. The van der Waals surface area contributed by atoms with Crippen LogP contribution in [-0.4, -0.2) is 58.0 Å². The molecule has 2 N–H and O–H groups in total. The highest BCUT2D eigenvalue weighted by molar-refractivity contribution is 6.04. The predicted octanol–water partition coefficient (Wildman–Crippen LogP) is 5.14. The van der Waals surface area contributed by atoms with Gasteiger partial charge in [-0.25, -0.2) is 4.79 Å². The van der Waals surface area contributed by atoms with Gasteiger partial charge in [0.1, 0.15) is 23.8 Å². The van der Waals surface area contributed by atoms with Gasteiger partial charge in [0.05, 0.1) is 47.1 Å². The lowest BCUT2D eigenvalue weighted by Crippen LogP contribution is -2.35. The molecule has 3 aromatic rings. The van der Waals surface area contributed by atoms with Crippen molar-refractivity contribution in [3.05, 3.63) is 94.7 Å². The standard InChI is InChI=1S/C34H39N3O7/c1-36-29(18-28(35)23-12-13-23)33(38)37(19-25-14-15-27(40-2)17-31(25)41-3)20-26-10-7-11-30(32(26)42-4)44-21-22-8-6-9-24(16-22)34(39)43-5/h6-11,14-18,23,35-36H,12-13,19-21H2,1-5H3/b29-18-,35-28?. The van der Waals surface area contributed by atoms with E-state index >= 15 is 0 Å². The minimum absolute atomic E-state index is 0.183. The summed E-state index contributed by atoms with van der Waals surface area (Å²) in [6.45, 7) is 0.588. The van der Waals surface area contributed by atoms with E-state index in [9.17, 15) is 9.59 Å². The number of para-hydroxylation sites is 1. The number of rotatable bonds is 15. The van der Waals surface area contributed by atoms with Gasteiger partial charge < -0.3 is 39.3 Å². The van der Waals surface area contributed by atoms with Crippen molar-refractivity contribution in [2.75, 3.05) is 35.5 Å². The van der Waals surface area contributed by atoms with Crippen LogP contribution in [0.25, 0.3) is 0 Å². The summed E-state index contributed by atoms with van der Waals surface area (Å²) in [5.41, 5.74) is 3.49. The van der Waals surface area contributed by atoms with Crippen molar-refractivity contribution in [1.29, 1.82) is 5.41 Å². The SMILES string of the molecule is CN/C(=C\C(=N)C1CC1)C(=O)N(Cc1ccc(OC)cc1OC)Cc1cccc(OCc2cccc(C(=O)OC)c2)c1OC. The van der Waals surface area contributed by atoms with E-state index in [1.807, 2.05) is 30.3 Å². The molecule has 0 bridgehead atoms. The zero-order valence-electron chi connectivity index (χ0n) is 25.8. The molecular weight excluding hydrogens is 562 g/mol. The molecule has 0 atom stereocenters.